The van der Waals surface area contributed by atoms with Gasteiger partial charge in [0.1, 0.15) is 4.21 Å². The molecule has 15 heavy (non-hydrogen) atoms. The van der Waals surface area contributed by atoms with Crippen molar-refractivity contribution < 1.29 is 13.5 Å². The van der Waals surface area contributed by atoms with Crippen LogP contribution in [0.4, 0.5) is 0 Å². The number of thiophene rings is 1. The molecule has 0 aliphatic heterocycles. The van der Waals surface area contributed by atoms with Crippen LogP contribution in [0, 0.1) is 0 Å². The lowest BCUT2D eigenvalue weighted by Crippen LogP contribution is -2.24. The van der Waals surface area contributed by atoms with Gasteiger partial charge >= 0.3 is 0 Å². The molecule has 1 rings (SSSR count). The molecule has 0 aromatic carbocycles. The molecule has 4 nitrogen and oxygen atoms in total. The minimum atomic E-state index is -3.33. The van der Waals surface area contributed by atoms with Gasteiger partial charge in [-0.1, -0.05) is 6.07 Å². The van der Waals surface area contributed by atoms with E-state index in [2.05, 4.69) is 4.72 Å². The Morgan fingerprint density at radius 3 is 2.87 bits per heavy atom. The SMILES string of the molecule is CC(O)CCCNS(=O)(=O)c1cccs1. The number of aliphatic hydroxyl groups is 1. The second-order valence-corrected chi connectivity index (χ2v) is 6.26. The Bertz CT molecular complexity index is 370. The molecule has 86 valence electrons. The van der Waals surface area contributed by atoms with Crippen molar-refractivity contribution in [2.75, 3.05) is 6.54 Å². The average molecular weight is 249 g/mol. The second kappa shape index (κ2) is 5.60. The van der Waals surface area contributed by atoms with E-state index in [9.17, 15) is 8.42 Å². The maximum atomic E-state index is 11.6. The first-order valence-corrected chi connectivity index (χ1v) is 7.10. The molecule has 0 saturated carbocycles. The molecule has 0 fully saturated rings. The Balaban J connectivity index is 2.39. The molecular weight excluding hydrogens is 234 g/mol. The maximum absolute atomic E-state index is 11.6. The standard InChI is InChI=1S/C9H15NO3S2/c1-8(11)4-2-6-10-15(12,13)9-5-3-7-14-9/h3,5,7-8,10-11H,2,4,6H2,1H3. The Morgan fingerprint density at radius 2 is 2.33 bits per heavy atom. The molecule has 1 unspecified atom stereocenters. The highest BCUT2D eigenvalue weighted by Crippen LogP contribution is 2.15. The van der Waals surface area contributed by atoms with Gasteiger partial charge < -0.3 is 5.11 Å². The first-order valence-electron chi connectivity index (χ1n) is 4.73. The van der Waals surface area contributed by atoms with Crippen molar-refractivity contribution in [3.05, 3.63) is 17.5 Å². The summed E-state index contributed by atoms with van der Waals surface area (Å²) in [5, 5.41) is 10.7. The van der Waals surface area contributed by atoms with Crippen LogP contribution in [0.15, 0.2) is 21.7 Å². The molecule has 0 aliphatic rings. The van der Waals surface area contributed by atoms with Crippen LogP contribution in [0.3, 0.4) is 0 Å². The number of hydrogen-bond acceptors (Lipinski definition) is 4. The predicted octanol–water partition coefficient (Wildman–Crippen LogP) is 1.19. The molecular formula is C9H15NO3S2. The monoisotopic (exact) mass is 249 g/mol. The molecule has 0 spiro atoms. The van der Waals surface area contributed by atoms with Gasteiger partial charge in [0.2, 0.25) is 10.0 Å². The highest BCUT2D eigenvalue weighted by Gasteiger charge is 2.13. The fraction of sp³-hybridized carbons (Fsp3) is 0.556. The van der Waals surface area contributed by atoms with Gasteiger partial charge in [-0.3, -0.25) is 0 Å². The van der Waals surface area contributed by atoms with E-state index < -0.39 is 10.0 Å². The van der Waals surface area contributed by atoms with Crippen LogP contribution in [0.2, 0.25) is 0 Å². The highest BCUT2D eigenvalue weighted by molar-refractivity contribution is 7.91. The molecule has 0 aliphatic carbocycles. The highest BCUT2D eigenvalue weighted by atomic mass is 32.2. The fourth-order valence-corrected chi connectivity index (χ4v) is 3.20. The lowest BCUT2D eigenvalue weighted by atomic mass is 10.2. The van der Waals surface area contributed by atoms with Crippen LogP contribution in [0.1, 0.15) is 19.8 Å². The summed E-state index contributed by atoms with van der Waals surface area (Å²) in [6.45, 7) is 2.05. The first kappa shape index (κ1) is 12.6. The van der Waals surface area contributed by atoms with E-state index in [1.54, 1.807) is 24.4 Å². The first-order chi connectivity index (χ1) is 7.02. The molecule has 1 heterocycles. The molecule has 0 radical (unpaired) electrons. The van der Waals surface area contributed by atoms with Crippen LogP contribution in [-0.4, -0.2) is 26.2 Å². The molecule has 0 bridgehead atoms. The molecule has 2 N–H and O–H groups in total. The number of sulfonamides is 1. The van der Waals surface area contributed by atoms with Gasteiger partial charge in [-0.2, -0.15) is 0 Å². The van der Waals surface area contributed by atoms with Crippen molar-refractivity contribution in [3.8, 4) is 0 Å². The van der Waals surface area contributed by atoms with E-state index in [4.69, 9.17) is 5.11 Å². The van der Waals surface area contributed by atoms with Crippen LogP contribution in [-0.2, 0) is 10.0 Å². The summed E-state index contributed by atoms with van der Waals surface area (Å²) in [5.41, 5.74) is 0. The number of nitrogens with one attached hydrogen (secondary N) is 1. The lowest BCUT2D eigenvalue weighted by molar-refractivity contribution is 0.182. The van der Waals surface area contributed by atoms with Crippen LogP contribution in [0.25, 0.3) is 0 Å². The van der Waals surface area contributed by atoms with E-state index in [1.165, 1.54) is 11.3 Å². The molecule has 6 heteroatoms. The summed E-state index contributed by atoms with van der Waals surface area (Å²) < 4.78 is 26.0. The van der Waals surface area contributed by atoms with Gasteiger partial charge in [-0.15, -0.1) is 11.3 Å². The van der Waals surface area contributed by atoms with Gasteiger partial charge in [0.05, 0.1) is 6.10 Å². The summed E-state index contributed by atoms with van der Waals surface area (Å²) in [7, 11) is -3.33. The summed E-state index contributed by atoms with van der Waals surface area (Å²) in [6.07, 6.45) is 0.867. The van der Waals surface area contributed by atoms with E-state index in [0.29, 0.717) is 23.6 Å². The minimum absolute atomic E-state index is 0.333. The normalized spacial score (nSPS) is 14.0. The molecule has 0 amide bonds. The zero-order valence-corrected chi connectivity index (χ0v) is 10.1. The van der Waals surface area contributed by atoms with Crippen LogP contribution < -0.4 is 4.72 Å². The van der Waals surface area contributed by atoms with E-state index in [0.717, 1.165) is 0 Å². The Kier molecular flexibility index (Phi) is 4.72. The Morgan fingerprint density at radius 1 is 1.60 bits per heavy atom. The number of rotatable bonds is 6. The van der Waals surface area contributed by atoms with Crippen LogP contribution >= 0.6 is 11.3 Å². The molecule has 1 aromatic heterocycles. The van der Waals surface area contributed by atoms with Crippen molar-refractivity contribution in [1.29, 1.82) is 0 Å². The zero-order chi connectivity index (χ0) is 11.3. The topological polar surface area (TPSA) is 66.4 Å². The summed E-state index contributed by atoms with van der Waals surface area (Å²) >= 11 is 1.19. The lowest BCUT2D eigenvalue weighted by Gasteiger charge is -2.05. The Hall–Kier alpha value is -0.430. The van der Waals surface area contributed by atoms with E-state index >= 15 is 0 Å². The van der Waals surface area contributed by atoms with Gasteiger partial charge in [0.15, 0.2) is 0 Å². The van der Waals surface area contributed by atoms with Crippen molar-refractivity contribution >= 4 is 21.4 Å². The predicted molar refractivity (Wildman–Crippen MR) is 60.4 cm³/mol. The largest absolute Gasteiger partial charge is 0.393 e. The third-order valence-corrected chi connectivity index (χ3v) is 4.71. The smallest absolute Gasteiger partial charge is 0.250 e. The van der Waals surface area contributed by atoms with Crippen molar-refractivity contribution in [2.45, 2.75) is 30.1 Å². The van der Waals surface area contributed by atoms with Crippen molar-refractivity contribution in [1.82, 2.24) is 4.72 Å². The van der Waals surface area contributed by atoms with Crippen LogP contribution in [0.5, 0.6) is 0 Å². The minimum Gasteiger partial charge on any atom is -0.393 e. The van der Waals surface area contributed by atoms with Gasteiger partial charge in [-0.25, -0.2) is 13.1 Å². The van der Waals surface area contributed by atoms with Gasteiger partial charge in [-0.05, 0) is 31.2 Å². The fourth-order valence-electron chi connectivity index (χ4n) is 1.09. The van der Waals surface area contributed by atoms with Gasteiger partial charge in [0, 0.05) is 6.54 Å². The average Bonchev–Trinajstić information content (AvgIpc) is 2.65. The molecule has 1 aromatic rings. The maximum Gasteiger partial charge on any atom is 0.250 e. The molecule has 0 saturated heterocycles. The van der Waals surface area contributed by atoms with E-state index in [-0.39, 0.29) is 6.10 Å². The third-order valence-electron chi connectivity index (χ3n) is 1.85. The third kappa shape index (κ3) is 4.29. The summed E-state index contributed by atoms with van der Waals surface area (Å²) in [5.74, 6) is 0. The summed E-state index contributed by atoms with van der Waals surface area (Å²) in [4.78, 5) is 0. The quantitative estimate of drug-likeness (QED) is 0.744. The van der Waals surface area contributed by atoms with Gasteiger partial charge in [0.25, 0.3) is 0 Å². The second-order valence-electron chi connectivity index (χ2n) is 3.32. The Labute approximate surface area is 94.0 Å². The summed E-state index contributed by atoms with van der Waals surface area (Å²) in [6, 6.07) is 3.27. The number of aliphatic hydroxyl groups excluding tert-OH is 1. The van der Waals surface area contributed by atoms with Crippen molar-refractivity contribution in [2.24, 2.45) is 0 Å². The number of hydrogen-bond donors (Lipinski definition) is 2. The van der Waals surface area contributed by atoms with Crippen molar-refractivity contribution in [3.63, 3.8) is 0 Å². The van der Waals surface area contributed by atoms with E-state index in [1.807, 2.05) is 0 Å². The zero-order valence-electron chi connectivity index (χ0n) is 8.51. The molecule has 1 atom stereocenters.